The van der Waals surface area contributed by atoms with Gasteiger partial charge in [0.15, 0.2) is 5.78 Å². The number of aryl methyl sites for hydroxylation is 2. The molecule has 0 unspecified atom stereocenters. The number of benzene rings is 1. The molecule has 0 spiro atoms. The quantitative estimate of drug-likeness (QED) is 0.712. The van der Waals surface area contributed by atoms with Crippen LogP contribution in [-0.4, -0.2) is 49.3 Å². The number of nitrogens with zero attached hydrogens (tertiary/aromatic N) is 2. The van der Waals surface area contributed by atoms with Crippen molar-refractivity contribution in [1.82, 2.24) is 4.90 Å². The summed E-state index contributed by atoms with van der Waals surface area (Å²) in [4.78, 5) is 31.8. The summed E-state index contributed by atoms with van der Waals surface area (Å²) >= 11 is 1.62. The van der Waals surface area contributed by atoms with Crippen LogP contribution in [-0.2, 0) is 4.79 Å². The van der Waals surface area contributed by atoms with Crippen LogP contribution in [0.1, 0.15) is 39.9 Å². The van der Waals surface area contributed by atoms with Gasteiger partial charge in [0, 0.05) is 54.3 Å². The van der Waals surface area contributed by atoms with Crippen LogP contribution in [0, 0.1) is 13.8 Å². The molecule has 28 heavy (non-hydrogen) atoms. The third-order valence-electron chi connectivity index (χ3n) is 5.26. The zero-order valence-electron chi connectivity index (χ0n) is 17.0. The lowest BCUT2D eigenvalue weighted by molar-refractivity contribution is -0.116. The van der Waals surface area contributed by atoms with Crippen LogP contribution in [0.15, 0.2) is 30.3 Å². The van der Waals surface area contributed by atoms with E-state index in [9.17, 15) is 9.59 Å². The van der Waals surface area contributed by atoms with Gasteiger partial charge in [0.2, 0.25) is 5.91 Å². The average molecular weight is 400 g/mol. The van der Waals surface area contributed by atoms with Crippen LogP contribution >= 0.6 is 11.3 Å². The molecule has 1 aliphatic rings. The smallest absolute Gasteiger partial charge is 0.224 e. The molecule has 1 aromatic carbocycles. The van der Waals surface area contributed by atoms with Crippen molar-refractivity contribution in [2.24, 2.45) is 0 Å². The van der Waals surface area contributed by atoms with Crippen molar-refractivity contribution in [3.05, 3.63) is 45.6 Å². The predicted octanol–water partition coefficient (Wildman–Crippen LogP) is 4.11. The number of anilines is 2. The molecule has 1 saturated heterocycles. The lowest BCUT2D eigenvalue weighted by Crippen LogP contribution is -2.46. The maximum Gasteiger partial charge on any atom is 0.224 e. The Morgan fingerprint density at radius 2 is 1.79 bits per heavy atom. The molecule has 3 rings (SSSR count). The number of ketones is 1. The van der Waals surface area contributed by atoms with Gasteiger partial charge in [-0.2, -0.15) is 0 Å². The standard InChI is InChI=1S/C22H29N3O2S/c1-4-24-11-13-25(14-12-24)20-8-6-5-7-19(20)23-22(27)10-9-21(26)18-15-16(2)28-17(18)3/h5-8,15H,4,9-14H2,1-3H3,(H,23,27). The molecule has 2 aromatic rings. The molecule has 6 heteroatoms. The number of amides is 1. The van der Waals surface area contributed by atoms with Crippen LogP contribution < -0.4 is 10.2 Å². The average Bonchev–Trinajstić information content (AvgIpc) is 3.05. The number of thiophene rings is 1. The molecule has 0 radical (unpaired) electrons. The van der Waals surface area contributed by atoms with Crippen LogP contribution in [0.4, 0.5) is 11.4 Å². The monoisotopic (exact) mass is 399 g/mol. The zero-order chi connectivity index (χ0) is 20.1. The Morgan fingerprint density at radius 1 is 1.07 bits per heavy atom. The Kier molecular flexibility index (Phi) is 6.86. The second-order valence-corrected chi connectivity index (χ2v) is 8.70. The summed E-state index contributed by atoms with van der Waals surface area (Å²) in [5.41, 5.74) is 2.64. The molecular formula is C22H29N3O2S. The molecule has 1 N–H and O–H groups in total. The topological polar surface area (TPSA) is 52.6 Å². The summed E-state index contributed by atoms with van der Waals surface area (Å²) in [5, 5.41) is 3.02. The number of nitrogens with one attached hydrogen (secondary N) is 1. The van der Waals surface area contributed by atoms with Crippen molar-refractivity contribution in [3.63, 3.8) is 0 Å². The molecular weight excluding hydrogens is 370 g/mol. The lowest BCUT2D eigenvalue weighted by atomic mass is 10.1. The first-order valence-corrected chi connectivity index (χ1v) is 10.8. The summed E-state index contributed by atoms with van der Waals surface area (Å²) < 4.78 is 0. The number of para-hydroxylation sites is 2. The van der Waals surface area contributed by atoms with E-state index in [1.54, 1.807) is 11.3 Å². The van der Waals surface area contributed by atoms with E-state index in [1.165, 1.54) is 0 Å². The van der Waals surface area contributed by atoms with Crippen molar-refractivity contribution in [2.45, 2.75) is 33.6 Å². The minimum atomic E-state index is -0.113. The first kappa shape index (κ1) is 20.6. The summed E-state index contributed by atoms with van der Waals surface area (Å²) in [7, 11) is 0. The number of hydrogen-bond donors (Lipinski definition) is 1. The van der Waals surface area contributed by atoms with E-state index in [0.717, 1.165) is 59.4 Å². The minimum Gasteiger partial charge on any atom is -0.367 e. The van der Waals surface area contributed by atoms with Gasteiger partial charge in [-0.25, -0.2) is 0 Å². The molecule has 1 aromatic heterocycles. The number of Topliss-reactive ketones (excluding diaryl/α,β-unsaturated/α-hetero) is 1. The van der Waals surface area contributed by atoms with Crippen molar-refractivity contribution in [1.29, 1.82) is 0 Å². The van der Waals surface area contributed by atoms with E-state index < -0.39 is 0 Å². The Morgan fingerprint density at radius 3 is 2.43 bits per heavy atom. The van der Waals surface area contributed by atoms with Crippen molar-refractivity contribution >= 4 is 34.4 Å². The fraction of sp³-hybridized carbons (Fsp3) is 0.455. The SMILES string of the molecule is CCN1CCN(c2ccccc2NC(=O)CCC(=O)c2cc(C)sc2C)CC1. The van der Waals surface area contributed by atoms with Crippen LogP contribution in [0.5, 0.6) is 0 Å². The largest absolute Gasteiger partial charge is 0.367 e. The molecule has 1 aliphatic heterocycles. The summed E-state index contributed by atoms with van der Waals surface area (Å²) in [6.07, 6.45) is 0.436. The van der Waals surface area contributed by atoms with Gasteiger partial charge < -0.3 is 15.1 Å². The molecule has 150 valence electrons. The number of rotatable bonds is 7. The maximum atomic E-state index is 12.5. The van der Waals surface area contributed by atoms with Gasteiger partial charge in [-0.1, -0.05) is 19.1 Å². The fourth-order valence-corrected chi connectivity index (χ4v) is 4.58. The van der Waals surface area contributed by atoms with Crippen molar-refractivity contribution < 1.29 is 9.59 Å². The third-order valence-corrected chi connectivity index (χ3v) is 6.22. The van der Waals surface area contributed by atoms with Gasteiger partial charge in [0.1, 0.15) is 0 Å². The highest BCUT2D eigenvalue weighted by atomic mass is 32.1. The molecule has 0 bridgehead atoms. The fourth-order valence-electron chi connectivity index (χ4n) is 3.64. The van der Waals surface area contributed by atoms with E-state index in [1.807, 2.05) is 38.1 Å². The molecule has 0 saturated carbocycles. The second-order valence-electron chi connectivity index (χ2n) is 7.24. The van der Waals surface area contributed by atoms with Crippen molar-refractivity contribution in [2.75, 3.05) is 42.9 Å². The van der Waals surface area contributed by atoms with E-state index in [2.05, 4.69) is 28.1 Å². The number of carbonyl (C=O) groups is 2. The highest BCUT2D eigenvalue weighted by Crippen LogP contribution is 2.27. The number of likely N-dealkylation sites (N-methyl/N-ethyl adjacent to an activating group) is 1. The molecule has 1 amide bonds. The Hall–Kier alpha value is -2.18. The number of piperazine rings is 1. The Labute approximate surface area is 171 Å². The van der Waals surface area contributed by atoms with Crippen LogP contribution in [0.3, 0.4) is 0 Å². The van der Waals surface area contributed by atoms with Gasteiger partial charge in [-0.05, 0) is 38.6 Å². The Balaban J connectivity index is 1.58. The first-order valence-electron chi connectivity index (χ1n) is 9.94. The van der Waals surface area contributed by atoms with E-state index in [4.69, 9.17) is 0 Å². The van der Waals surface area contributed by atoms with Gasteiger partial charge >= 0.3 is 0 Å². The van der Waals surface area contributed by atoms with Gasteiger partial charge in [0.05, 0.1) is 11.4 Å². The van der Waals surface area contributed by atoms with E-state index in [0.29, 0.717) is 0 Å². The molecule has 2 heterocycles. The number of carbonyl (C=O) groups excluding carboxylic acids is 2. The first-order chi connectivity index (χ1) is 13.5. The molecule has 0 aliphatic carbocycles. The normalized spacial score (nSPS) is 14.9. The highest BCUT2D eigenvalue weighted by Gasteiger charge is 2.19. The predicted molar refractivity (Wildman–Crippen MR) is 117 cm³/mol. The molecule has 5 nitrogen and oxygen atoms in total. The lowest BCUT2D eigenvalue weighted by Gasteiger charge is -2.36. The van der Waals surface area contributed by atoms with Gasteiger partial charge in [0.25, 0.3) is 0 Å². The van der Waals surface area contributed by atoms with Gasteiger partial charge in [-0.3, -0.25) is 9.59 Å². The second kappa shape index (κ2) is 9.34. The molecule has 1 fully saturated rings. The highest BCUT2D eigenvalue weighted by molar-refractivity contribution is 7.12. The van der Waals surface area contributed by atoms with E-state index >= 15 is 0 Å². The maximum absolute atomic E-state index is 12.5. The van der Waals surface area contributed by atoms with Crippen LogP contribution in [0.25, 0.3) is 0 Å². The van der Waals surface area contributed by atoms with Crippen molar-refractivity contribution in [3.8, 4) is 0 Å². The summed E-state index contributed by atoms with van der Waals surface area (Å²) in [6.45, 7) is 11.2. The third kappa shape index (κ3) is 5.00. The van der Waals surface area contributed by atoms with Crippen LogP contribution in [0.2, 0.25) is 0 Å². The van der Waals surface area contributed by atoms with E-state index in [-0.39, 0.29) is 24.5 Å². The summed E-state index contributed by atoms with van der Waals surface area (Å²) in [5.74, 6) is -0.0708. The molecule has 0 atom stereocenters. The number of hydrogen-bond acceptors (Lipinski definition) is 5. The summed E-state index contributed by atoms with van der Waals surface area (Å²) in [6, 6.07) is 9.85. The zero-order valence-corrected chi connectivity index (χ0v) is 17.8. The van der Waals surface area contributed by atoms with Gasteiger partial charge in [-0.15, -0.1) is 11.3 Å². The minimum absolute atomic E-state index is 0.0426. The Bertz CT molecular complexity index is 838.